The Kier molecular flexibility index (Phi) is 8.49. The molecule has 6 rings (SSSR count). The van der Waals surface area contributed by atoms with Gasteiger partial charge in [0.2, 0.25) is 0 Å². The maximum absolute atomic E-state index is 14.4. The molecule has 5 aromatic rings. The number of fused-ring (bicyclic) bond motifs is 1. The van der Waals surface area contributed by atoms with Crippen molar-refractivity contribution in [3.05, 3.63) is 102 Å². The van der Waals surface area contributed by atoms with Gasteiger partial charge in [-0.3, -0.25) is 0 Å². The number of H-pyrrole nitrogens is 1. The Morgan fingerprint density at radius 3 is 2.53 bits per heavy atom. The number of aliphatic hydroxyl groups is 1. The van der Waals surface area contributed by atoms with Crippen LogP contribution in [0.25, 0.3) is 22.2 Å². The molecule has 0 saturated heterocycles. The largest absolute Gasteiger partial charge is 0.490 e. The Balaban J connectivity index is 1.29. The second-order valence-electron chi connectivity index (χ2n) is 11.4. The lowest BCUT2D eigenvalue weighted by Crippen LogP contribution is -2.44. The van der Waals surface area contributed by atoms with Crippen LogP contribution in [0.3, 0.4) is 0 Å². The molecule has 3 N–H and O–H groups in total. The van der Waals surface area contributed by atoms with Gasteiger partial charge in [-0.25, -0.2) is 9.98 Å². The van der Waals surface area contributed by atoms with Crippen molar-refractivity contribution in [1.82, 2.24) is 9.97 Å². The molecule has 12 heteroatoms. The van der Waals surface area contributed by atoms with Gasteiger partial charge < -0.3 is 29.6 Å². The van der Waals surface area contributed by atoms with Crippen LogP contribution < -0.4 is 14.8 Å². The lowest BCUT2D eigenvalue weighted by molar-refractivity contribution is -0.138. The minimum absolute atomic E-state index is 0.0427. The fourth-order valence-electron chi connectivity index (χ4n) is 5.39. The highest BCUT2D eigenvalue weighted by atomic mass is 19.4. The number of amidine groups is 1. The monoisotopic (exact) mass is 641 g/mol. The standard InChI is InChI=1S/C35H30F3N5O4/c1-21(2)46-28-10-8-22(14-23(28)16-39)26-17-41-32-31(26)30(12-13-40-32)47-29-11-9-25(15-27(29)35(36,37)38)43-33-42-18-34(19-44,20-45-33)24-6-4-3-5-7-24/h3-15,17,21,44H,18-20H2,1-2H3,(H,40,41)(H,42,43). The molecule has 9 nitrogen and oxygen atoms in total. The van der Waals surface area contributed by atoms with Crippen molar-refractivity contribution in [3.63, 3.8) is 0 Å². The highest BCUT2D eigenvalue weighted by Crippen LogP contribution is 2.43. The number of hydrogen-bond acceptors (Lipinski definition) is 8. The molecule has 0 bridgehead atoms. The number of nitrogens with one attached hydrogen (secondary N) is 2. The van der Waals surface area contributed by atoms with Crippen molar-refractivity contribution in [2.24, 2.45) is 4.99 Å². The van der Waals surface area contributed by atoms with Gasteiger partial charge in [0.25, 0.3) is 6.02 Å². The van der Waals surface area contributed by atoms with Crippen LogP contribution in [0.5, 0.6) is 17.2 Å². The number of alkyl halides is 3. The first kappa shape index (κ1) is 31.4. The number of anilines is 1. The number of aliphatic imine (C=N–C) groups is 1. The lowest BCUT2D eigenvalue weighted by atomic mass is 9.81. The zero-order chi connectivity index (χ0) is 33.2. The van der Waals surface area contributed by atoms with Crippen molar-refractivity contribution in [2.45, 2.75) is 31.5 Å². The third kappa shape index (κ3) is 6.43. The summed E-state index contributed by atoms with van der Waals surface area (Å²) in [4.78, 5) is 11.7. The third-order valence-electron chi connectivity index (χ3n) is 7.76. The zero-order valence-electron chi connectivity index (χ0n) is 25.4. The number of nitrogens with zero attached hydrogens (tertiary/aromatic N) is 3. The molecule has 1 atom stereocenters. The summed E-state index contributed by atoms with van der Waals surface area (Å²) >= 11 is 0. The number of benzene rings is 3. The maximum Gasteiger partial charge on any atom is 0.420 e. The van der Waals surface area contributed by atoms with Crippen LogP contribution in [0.4, 0.5) is 18.9 Å². The number of hydrogen-bond donors (Lipinski definition) is 3. The first-order valence-electron chi connectivity index (χ1n) is 14.8. The molecular weight excluding hydrogens is 611 g/mol. The Bertz CT molecular complexity index is 1990. The topological polar surface area (TPSA) is 125 Å². The van der Waals surface area contributed by atoms with Gasteiger partial charge in [0.15, 0.2) is 0 Å². The summed E-state index contributed by atoms with van der Waals surface area (Å²) in [6, 6.07) is 21.7. The van der Waals surface area contributed by atoms with Gasteiger partial charge in [0, 0.05) is 23.6 Å². The molecule has 3 heterocycles. The van der Waals surface area contributed by atoms with Gasteiger partial charge >= 0.3 is 6.18 Å². The molecule has 47 heavy (non-hydrogen) atoms. The van der Waals surface area contributed by atoms with Gasteiger partial charge in [-0.2, -0.15) is 18.4 Å². The highest BCUT2D eigenvalue weighted by molar-refractivity contribution is 5.98. The summed E-state index contributed by atoms with van der Waals surface area (Å²) in [7, 11) is 0. The Labute approximate surface area is 268 Å². The Morgan fingerprint density at radius 2 is 1.85 bits per heavy atom. The summed E-state index contributed by atoms with van der Waals surface area (Å²) in [5.41, 5.74) is 1.10. The van der Waals surface area contributed by atoms with E-state index in [1.54, 1.807) is 24.4 Å². The molecule has 240 valence electrons. The van der Waals surface area contributed by atoms with Crippen molar-refractivity contribution in [3.8, 4) is 34.4 Å². The summed E-state index contributed by atoms with van der Waals surface area (Å²) < 4.78 is 60.6. The number of halogens is 3. The van der Waals surface area contributed by atoms with Crippen LogP contribution in [-0.4, -0.2) is 47.0 Å². The van der Waals surface area contributed by atoms with E-state index in [4.69, 9.17) is 14.2 Å². The number of ether oxygens (including phenoxy) is 3. The minimum Gasteiger partial charge on any atom is -0.490 e. The zero-order valence-corrected chi connectivity index (χ0v) is 25.4. The predicted octanol–water partition coefficient (Wildman–Crippen LogP) is 7.43. The third-order valence-corrected chi connectivity index (χ3v) is 7.76. The number of rotatable bonds is 8. The molecule has 0 fully saturated rings. The van der Waals surface area contributed by atoms with Gasteiger partial charge in [0.1, 0.15) is 41.1 Å². The molecule has 0 aliphatic carbocycles. The molecule has 1 aliphatic heterocycles. The van der Waals surface area contributed by atoms with Crippen molar-refractivity contribution < 1.29 is 32.5 Å². The van der Waals surface area contributed by atoms with Crippen LogP contribution in [0, 0.1) is 11.3 Å². The molecule has 0 amide bonds. The predicted molar refractivity (Wildman–Crippen MR) is 171 cm³/mol. The molecule has 2 aromatic heterocycles. The van der Waals surface area contributed by atoms with Gasteiger partial charge in [0.05, 0.1) is 35.6 Å². The van der Waals surface area contributed by atoms with Crippen LogP contribution in [0.1, 0.15) is 30.5 Å². The first-order chi connectivity index (χ1) is 22.6. The van der Waals surface area contributed by atoms with Crippen LogP contribution in [0.15, 0.2) is 90.2 Å². The van der Waals surface area contributed by atoms with E-state index in [1.807, 2.05) is 44.2 Å². The summed E-state index contributed by atoms with van der Waals surface area (Å²) in [6.07, 6.45) is -1.80. The maximum atomic E-state index is 14.4. The van der Waals surface area contributed by atoms with Crippen molar-refractivity contribution in [1.29, 1.82) is 5.26 Å². The van der Waals surface area contributed by atoms with Crippen LogP contribution >= 0.6 is 0 Å². The van der Waals surface area contributed by atoms with Gasteiger partial charge in [-0.05, 0) is 61.4 Å². The lowest BCUT2D eigenvalue weighted by Gasteiger charge is -2.34. The van der Waals surface area contributed by atoms with E-state index in [2.05, 4.69) is 26.3 Å². The van der Waals surface area contributed by atoms with E-state index in [0.717, 1.165) is 11.6 Å². The molecular formula is C35H30F3N5O4. The average Bonchev–Trinajstić information content (AvgIpc) is 3.51. The van der Waals surface area contributed by atoms with Gasteiger partial charge in [-0.1, -0.05) is 36.4 Å². The Hall–Kier alpha value is -5.54. The summed E-state index contributed by atoms with van der Waals surface area (Å²) in [5, 5.41) is 23.1. The van der Waals surface area contributed by atoms with Crippen molar-refractivity contribution in [2.75, 3.05) is 25.1 Å². The summed E-state index contributed by atoms with van der Waals surface area (Å²) in [6.45, 7) is 3.78. The molecule has 3 aromatic carbocycles. The first-order valence-corrected chi connectivity index (χ1v) is 14.8. The average molecular weight is 642 g/mol. The molecule has 0 radical (unpaired) electrons. The summed E-state index contributed by atoms with van der Waals surface area (Å²) in [5.74, 6) is 0.147. The number of aromatic nitrogens is 2. The second-order valence-corrected chi connectivity index (χ2v) is 11.4. The minimum atomic E-state index is -4.76. The fourth-order valence-corrected chi connectivity index (χ4v) is 5.39. The molecule has 0 spiro atoms. The number of aliphatic hydroxyl groups excluding tert-OH is 1. The van der Waals surface area contributed by atoms with Crippen LogP contribution in [0.2, 0.25) is 0 Å². The van der Waals surface area contributed by atoms with E-state index in [0.29, 0.717) is 33.5 Å². The SMILES string of the molecule is CC(C)Oc1ccc(-c2c[nH]c3nccc(Oc4ccc(NC5=NCC(CO)(c6ccccc6)CO5)cc4C(F)(F)F)c23)cc1C#N. The number of pyridine rings is 1. The second kappa shape index (κ2) is 12.7. The normalized spacial score (nSPS) is 16.3. The highest BCUT2D eigenvalue weighted by Gasteiger charge is 2.37. The van der Waals surface area contributed by atoms with Gasteiger partial charge in [-0.15, -0.1) is 0 Å². The Morgan fingerprint density at radius 1 is 1.06 bits per heavy atom. The van der Waals surface area contributed by atoms with E-state index >= 15 is 0 Å². The van der Waals surface area contributed by atoms with Crippen LogP contribution in [-0.2, 0) is 16.3 Å². The van der Waals surface area contributed by atoms with E-state index in [1.165, 1.54) is 24.4 Å². The van der Waals surface area contributed by atoms with E-state index in [-0.39, 0.29) is 43.3 Å². The van der Waals surface area contributed by atoms with E-state index < -0.39 is 22.9 Å². The molecule has 0 saturated carbocycles. The molecule has 1 unspecified atom stereocenters. The quantitative estimate of drug-likeness (QED) is 0.161. The van der Waals surface area contributed by atoms with Crippen molar-refractivity contribution >= 4 is 22.7 Å². The fraction of sp³-hybridized carbons (Fsp3) is 0.229. The number of nitriles is 1. The smallest absolute Gasteiger partial charge is 0.420 e. The number of aromatic amines is 1. The molecule has 1 aliphatic rings. The van der Waals surface area contributed by atoms with E-state index in [9.17, 15) is 23.5 Å².